The second-order valence-electron chi connectivity index (χ2n) is 4.98. The standard InChI is InChI=1S/C14H18N4S/c1-18(10-11-3-2-6-15-7-11)14-17-9-13(19-14)8-16-12-4-5-12/h2-3,6-7,9,12,16H,4-5,8,10H2,1H3. The minimum absolute atomic E-state index is 0.749. The van der Waals surface area contributed by atoms with Gasteiger partial charge in [0.25, 0.3) is 0 Å². The highest BCUT2D eigenvalue weighted by Gasteiger charge is 2.20. The van der Waals surface area contributed by atoms with Crippen LogP contribution < -0.4 is 10.2 Å². The predicted octanol–water partition coefficient (Wildman–Crippen LogP) is 2.43. The van der Waals surface area contributed by atoms with Crippen LogP contribution in [0, 0.1) is 0 Å². The summed E-state index contributed by atoms with van der Waals surface area (Å²) in [6.45, 7) is 1.79. The maximum atomic E-state index is 4.49. The molecule has 0 spiro atoms. The van der Waals surface area contributed by atoms with E-state index in [1.165, 1.54) is 23.3 Å². The van der Waals surface area contributed by atoms with Crippen LogP contribution in [0.5, 0.6) is 0 Å². The van der Waals surface area contributed by atoms with Crippen molar-refractivity contribution in [1.82, 2.24) is 15.3 Å². The van der Waals surface area contributed by atoms with Gasteiger partial charge in [-0.2, -0.15) is 0 Å². The van der Waals surface area contributed by atoms with Gasteiger partial charge in [0.2, 0.25) is 0 Å². The van der Waals surface area contributed by atoms with Crippen LogP contribution in [-0.4, -0.2) is 23.1 Å². The van der Waals surface area contributed by atoms with Gasteiger partial charge < -0.3 is 10.2 Å². The minimum Gasteiger partial charge on any atom is -0.347 e. The molecule has 0 radical (unpaired) electrons. The Morgan fingerprint density at radius 3 is 3.05 bits per heavy atom. The molecule has 100 valence electrons. The van der Waals surface area contributed by atoms with E-state index in [9.17, 15) is 0 Å². The van der Waals surface area contributed by atoms with Crippen LogP contribution in [0.2, 0.25) is 0 Å². The summed E-state index contributed by atoms with van der Waals surface area (Å²) in [5.74, 6) is 0. The molecule has 0 aromatic carbocycles. The van der Waals surface area contributed by atoms with Crippen molar-refractivity contribution in [3.63, 3.8) is 0 Å². The normalized spacial score (nSPS) is 14.6. The van der Waals surface area contributed by atoms with Gasteiger partial charge in [0.1, 0.15) is 0 Å². The lowest BCUT2D eigenvalue weighted by Gasteiger charge is -2.15. The molecule has 0 atom stereocenters. The lowest BCUT2D eigenvalue weighted by atomic mass is 10.3. The van der Waals surface area contributed by atoms with E-state index in [4.69, 9.17) is 0 Å². The van der Waals surface area contributed by atoms with Gasteiger partial charge in [-0.3, -0.25) is 4.98 Å². The maximum Gasteiger partial charge on any atom is 0.185 e. The van der Waals surface area contributed by atoms with Gasteiger partial charge in [0, 0.05) is 49.6 Å². The number of hydrogen-bond donors (Lipinski definition) is 1. The van der Waals surface area contributed by atoms with E-state index in [0.717, 1.165) is 24.3 Å². The average Bonchev–Trinajstić information content (AvgIpc) is 3.14. The van der Waals surface area contributed by atoms with E-state index in [1.807, 2.05) is 18.5 Å². The van der Waals surface area contributed by atoms with Gasteiger partial charge in [0.05, 0.1) is 0 Å². The largest absolute Gasteiger partial charge is 0.347 e. The zero-order chi connectivity index (χ0) is 13.1. The topological polar surface area (TPSA) is 41.1 Å². The SMILES string of the molecule is CN(Cc1cccnc1)c1ncc(CNC2CC2)s1. The molecule has 1 aliphatic carbocycles. The van der Waals surface area contributed by atoms with Crippen molar-refractivity contribution < 1.29 is 0 Å². The Bertz CT molecular complexity index is 521. The fraction of sp³-hybridized carbons (Fsp3) is 0.429. The smallest absolute Gasteiger partial charge is 0.185 e. The van der Waals surface area contributed by atoms with Gasteiger partial charge in [0.15, 0.2) is 5.13 Å². The second kappa shape index (κ2) is 5.67. The van der Waals surface area contributed by atoms with E-state index < -0.39 is 0 Å². The number of pyridine rings is 1. The number of anilines is 1. The molecule has 1 fully saturated rings. The summed E-state index contributed by atoms with van der Waals surface area (Å²) in [5, 5.41) is 4.58. The summed E-state index contributed by atoms with van der Waals surface area (Å²) in [7, 11) is 2.07. The molecule has 3 rings (SSSR count). The van der Waals surface area contributed by atoms with Crippen molar-refractivity contribution >= 4 is 16.5 Å². The molecular weight excluding hydrogens is 256 g/mol. The predicted molar refractivity (Wildman–Crippen MR) is 78.3 cm³/mol. The third kappa shape index (κ3) is 3.52. The summed E-state index contributed by atoms with van der Waals surface area (Å²) < 4.78 is 0. The molecule has 1 aliphatic rings. The Morgan fingerprint density at radius 2 is 2.32 bits per heavy atom. The summed E-state index contributed by atoms with van der Waals surface area (Å²) in [4.78, 5) is 12.1. The van der Waals surface area contributed by atoms with Crippen LogP contribution in [0.25, 0.3) is 0 Å². The quantitative estimate of drug-likeness (QED) is 0.878. The molecule has 1 saturated carbocycles. The lowest BCUT2D eigenvalue weighted by molar-refractivity contribution is 0.694. The Morgan fingerprint density at radius 1 is 1.42 bits per heavy atom. The zero-order valence-corrected chi connectivity index (χ0v) is 11.9. The van der Waals surface area contributed by atoms with Crippen LogP contribution >= 0.6 is 11.3 Å². The Hall–Kier alpha value is -1.46. The summed E-state index contributed by atoms with van der Waals surface area (Å²) >= 11 is 1.76. The number of thiazole rings is 1. The molecule has 4 nitrogen and oxygen atoms in total. The number of aromatic nitrogens is 2. The van der Waals surface area contributed by atoms with Crippen LogP contribution in [0.3, 0.4) is 0 Å². The summed E-state index contributed by atoms with van der Waals surface area (Å²) in [6.07, 6.45) is 8.34. The highest BCUT2D eigenvalue weighted by Crippen LogP contribution is 2.24. The van der Waals surface area contributed by atoms with Gasteiger partial charge >= 0.3 is 0 Å². The van der Waals surface area contributed by atoms with Crippen LogP contribution in [0.4, 0.5) is 5.13 Å². The third-order valence-corrected chi connectivity index (χ3v) is 4.26. The Labute approximate surface area is 117 Å². The Kier molecular flexibility index (Phi) is 3.75. The molecule has 5 heteroatoms. The molecule has 0 amide bonds. The van der Waals surface area contributed by atoms with Crippen molar-refractivity contribution in [2.75, 3.05) is 11.9 Å². The van der Waals surface area contributed by atoms with Gasteiger partial charge in [-0.1, -0.05) is 6.07 Å². The van der Waals surface area contributed by atoms with Gasteiger partial charge in [-0.15, -0.1) is 11.3 Å². The zero-order valence-electron chi connectivity index (χ0n) is 11.0. The van der Waals surface area contributed by atoms with E-state index in [-0.39, 0.29) is 0 Å². The highest BCUT2D eigenvalue weighted by atomic mass is 32.1. The fourth-order valence-corrected chi connectivity index (χ4v) is 2.74. The first-order chi connectivity index (χ1) is 9.31. The summed E-state index contributed by atoms with van der Waals surface area (Å²) in [6, 6.07) is 4.81. The molecule has 2 aromatic heterocycles. The van der Waals surface area contributed by atoms with Crippen LogP contribution in [-0.2, 0) is 13.1 Å². The molecular formula is C14H18N4S. The van der Waals surface area contributed by atoms with E-state index in [1.54, 1.807) is 17.5 Å². The highest BCUT2D eigenvalue weighted by molar-refractivity contribution is 7.15. The summed E-state index contributed by atoms with van der Waals surface area (Å²) in [5.41, 5.74) is 1.21. The van der Waals surface area contributed by atoms with Crippen LogP contribution in [0.15, 0.2) is 30.7 Å². The second-order valence-corrected chi connectivity index (χ2v) is 6.08. The maximum absolute atomic E-state index is 4.49. The van der Waals surface area contributed by atoms with Crippen molar-refractivity contribution in [2.45, 2.75) is 32.0 Å². The first-order valence-corrected chi connectivity index (χ1v) is 7.41. The molecule has 0 saturated heterocycles. The first-order valence-electron chi connectivity index (χ1n) is 6.59. The Balaban J connectivity index is 1.58. The number of nitrogens with one attached hydrogen (secondary N) is 1. The van der Waals surface area contributed by atoms with Crippen molar-refractivity contribution in [2.24, 2.45) is 0 Å². The number of rotatable bonds is 6. The average molecular weight is 274 g/mol. The van der Waals surface area contributed by atoms with E-state index in [0.29, 0.717) is 0 Å². The van der Waals surface area contributed by atoms with E-state index >= 15 is 0 Å². The first kappa shape index (κ1) is 12.6. The lowest BCUT2D eigenvalue weighted by Crippen LogP contribution is -2.16. The van der Waals surface area contributed by atoms with Gasteiger partial charge in [-0.05, 0) is 24.5 Å². The minimum atomic E-state index is 0.749. The van der Waals surface area contributed by atoms with Crippen molar-refractivity contribution in [3.05, 3.63) is 41.2 Å². The number of hydrogen-bond acceptors (Lipinski definition) is 5. The van der Waals surface area contributed by atoms with Crippen molar-refractivity contribution in [3.8, 4) is 0 Å². The molecule has 0 aliphatic heterocycles. The fourth-order valence-electron chi connectivity index (χ4n) is 1.92. The number of nitrogens with zero attached hydrogens (tertiary/aromatic N) is 3. The molecule has 2 aromatic rings. The van der Waals surface area contributed by atoms with E-state index in [2.05, 4.69) is 33.3 Å². The molecule has 0 bridgehead atoms. The molecule has 0 unspecified atom stereocenters. The molecule has 2 heterocycles. The monoisotopic (exact) mass is 274 g/mol. The van der Waals surface area contributed by atoms with Gasteiger partial charge in [-0.25, -0.2) is 4.98 Å². The third-order valence-electron chi connectivity index (χ3n) is 3.15. The van der Waals surface area contributed by atoms with Crippen molar-refractivity contribution in [1.29, 1.82) is 0 Å². The van der Waals surface area contributed by atoms with Crippen LogP contribution in [0.1, 0.15) is 23.3 Å². The molecule has 19 heavy (non-hydrogen) atoms. The molecule has 1 N–H and O–H groups in total.